The number of ether oxygens (including phenoxy) is 1. The quantitative estimate of drug-likeness (QED) is 0.0321. The lowest BCUT2D eigenvalue weighted by Gasteiger charge is -2.24. The van der Waals surface area contributed by atoms with E-state index in [0.717, 1.165) is 89.9 Å². The van der Waals surface area contributed by atoms with E-state index in [0.29, 0.717) is 19.3 Å². The monoisotopic (exact) mass is 890 g/mol. The molecule has 0 rings (SSSR count). The predicted octanol–water partition coefficient (Wildman–Crippen LogP) is 16.1. The lowest BCUT2D eigenvalue weighted by Crippen LogP contribution is -2.46. The highest BCUT2D eigenvalue weighted by molar-refractivity contribution is 5.77. The van der Waals surface area contributed by atoms with Crippen molar-refractivity contribution in [2.75, 3.05) is 6.61 Å². The molecule has 0 saturated carbocycles. The molecule has 366 valence electrons. The minimum Gasteiger partial charge on any atom is -0.462 e. The fourth-order valence-electron chi connectivity index (χ4n) is 7.57. The number of carbonyl (C=O) groups is 2. The molecule has 3 atom stereocenters. The van der Waals surface area contributed by atoms with E-state index in [1.54, 1.807) is 0 Å². The molecule has 0 aliphatic heterocycles. The van der Waals surface area contributed by atoms with Crippen LogP contribution in [0.15, 0.2) is 97.2 Å². The van der Waals surface area contributed by atoms with Gasteiger partial charge in [0, 0.05) is 6.42 Å². The Morgan fingerprint density at radius 2 is 0.844 bits per heavy atom. The van der Waals surface area contributed by atoms with E-state index in [9.17, 15) is 19.8 Å². The zero-order valence-corrected chi connectivity index (χ0v) is 41.6. The van der Waals surface area contributed by atoms with Crippen LogP contribution in [-0.4, -0.2) is 46.9 Å². The van der Waals surface area contributed by atoms with Crippen LogP contribution >= 0.6 is 0 Å². The third-order valence-corrected chi connectivity index (χ3v) is 11.6. The minimum atomic E-state index is -0.807. The summed E-state index contributed by atoms with van der Waals surface area (Å²) < 4.78 is 5.91. The average Bonchev–Trinajstić information content (AvgIpc) is 3.29. The molecule has 0 aromatic carbocycles. The molecule has 0 aliphatic rings. The van der Waals surface area contributed by atoms with Gasteiger partial charge in [-0.3, -0.25) is 9.59 Å². The largest absolute Gasteiger partial charge is 0.462 e. The van der Waals surface area contributed by atoms with Gasteiger partial charge in [0.15, 0.2) is 0 Å². The Labute approximate surface area is 395 Å². The first-order chi connectivity index (χ1) is 31.5. The fraction of sp³-hybridized carbons (Fsp3) is 0.690. The second-order valence-electron chi connectivity index (χ2n) is 17.7. The van der Waals surface area contributed by atoms with Gasteiger partial charge < -0.3 is 20.3 Å². The number of unbranched alkanes of at least 4 members (excludes halogenated alkanes) is 24. The van der Waals surface area contributed by atoms with Gasteiger partial charge in [-0.25, -0.2) is 0 Å². The predicted molar refractivity (Wildman–Crippen MR) is 277 cm³/mol. The van der Waals surface area contributed by atoms with E-state index >= 15 is 0 Å². The molecule has 0 aliphatic carbocycles. The van der Waals surface area contributed by atoms with Crippen molar-refractivity contribution in [2.45, 2.75) is 251 Å². The lowest BCUT2D eigenvalue weighted by atomic mass is 10.0. The molecule has 64 heavy (non-hydrogen) atoms. The summed E-state index contributed by atoms with van der Waals surface area (Å²) in [5, 5.41) is 23.8. The van der Waals surface area contributed by atoms with Gasteiger partial charge in [0.1, 0.15) is 6.10 Å². The standard InChI is InChI=1S/C58H99NO5/c1-4-7-10-13-16-19-22-25-27-28-30-33-36-39-42-45-48-51-58(63)64-54(49-46-43-40-37-34-31-24-21-18-15-12-9-6-3)52-57(62)59-55(53-60)56(61)50-47-44-41-38-35-32-29-26-23-20-17-14-11-8-5-2/h7,10,13,16,18-19,21-22,24-25,27-28,30-31,33,36,54-56,60-61H,4-6,8-9,11-12,14-15,17,20,23,26,29,32,34-35,37-53H2,1-3H3,(H,59,62)/b10-7-,16-13+,21-18+,22-19+,27-25-,30-28+,31-24+,36-33+. The Kier molecular flexibility index (Phi) is 48.2. The molecule has 0 radical (unpaired) electrons. The zero-order valence-electron chi connectivity index (χ0n) is 41.6. The van der Waals surface area contributed by atoms with Gasteiger partial charge in [0.2, 0.25) is 5.91 Å². The van der Waals surface area contributed by atoms with Crippen LogP contribution in [0.1, 0.15) is 233 Å². The Morgan fingerprint density at radius 1 is 0.469 bits per heavy atom. The first kappa shape index (κ1) is 60.8. The Bertz CT molecular complexity index is 1270. The van der Waals surface area contributed by atoms with Crippen molar-refractivity contribution in [1.82, 2.24) is 5.32 Å². The summed E-state index contributed by atoms with van der Waals surface area (Å²) >= 11 is 0. The highest BCUT2D eigenvalue weighted by Gasteiger charge is 2.24. The van der Waals surface area contributed by atoms with Gasteiger partial charge in [0.05, 0.1) is 25.2 Å². The molecule has 6 heteroatoms. The SMILES string of the molecule is CC\C=C/C=C/C=C/C=C\C=C\C=C\CCCCCC(=O)OC(CCCCCC/C=C/C=C/CCCCC)CC(=O)NC(CO)C(O)CCCCCCCCCCCCCCCCC. The third kappa shape index (κ3) is 45.4. The van der Waals surface area contributed by atoms with Crippen molar-refractivity contribution < 1.29 is 24.5 Å². The van der Waals surface area contributed by atoms with Gasteiger partial charge >= 0.3 is 5.97 Å². The summed E-state index contributed by atoms with van der Waals surface area (Å²) in [4.78, 5) is 26.2. The molecular weight excluding hydrogens is 791 g/mol. The number of rotatable bonds is 46. The Balaban J connectivity index is 4.69. The normalized spacial score (nSPS) is 14.0. The zero-order chi connectivity index (χ0) is 46.7. The molecule has 0 aromatic rings. The molecule has 0 bridgehead atoms. The van der Waals surface area contributed by atoms with E-state index < -0.39 is 18.2 Å². The van der Waals surface area contributed by atoms with Crippen LogP contribution in [0.2, 0.25) is 0 Å². The second kappa shape index (κ2) is 50.8. The molecule has 1 amide bonds. The summed E-state index contributed by atoms with van der Waals surface area (Å²) in [6.07, 6.45) is 67.4. The molecule has 0 heterocycles. The van der Waals surface area contributed by atoms with Crippen molar-refractivity contribution in [3.63, 3.8) is 0 Å². The van der Waals surface area contributed by atoms with Gasteiger partial charge in [0.25, 0.3) is 0 Å². The van der Waals surface area contributed by atoms with Crippen molar-refractivity contribution in [3.8, 4) is 0 Å². The first-order valence-electron chi connectivity index (χ1n) is 26.6. The third-order valence-electron chi connectivity index (χ3n) is 11.6. The Morgan fingerprint density at radius 3 is 1.33 bits per heavy atom. The van der Waals surface area contributed by atoms with Crippen LogP contribution in [0.25, 0.3) is 0 Å². The van der Waals surface area contributed by atoms with E-state index in [-0.39, 0.29) is 24.9 Å². The molecule has 0 spiro atoms. The lowest BCUT2D eigenvalue weighted by molar-refractivity contribution is -0.151. The summed E-state index contributed by atoms with van der Waals surface area (Å²) in [7, 11) is 0. The number of allylic oxidation sites excluding steroid dienone is 16. The minimum absolute atomic E-state index is 0.0404. The van der Waals surface area contributed by atoms with E-state index in [1.807, 2.05) is 54.7 Å². The van der Waals surface area contributed by atoms with Crippen LogP contribution in [0, 0.1) is 0 Å². The maximum Gasteiger partial charge on any atom is 0.306 e. The number of aliphatic hydroxyl groups is 2. The highest BCUT2D eigenvalue weighted by Crippen LogP contribution is 2.17. The van der Waals surface area contributed by atoms with E-state index in [4.69, 9.17) is 4.74 Å². The van der Waals surface area contributed by atoms with Crippen molar-refractivity contribution >= 4 is 11.9 Å². The summed E-state index contributed by atoms with van der Waals surface area (Å²) in [5.41, 5.74) is 0. The second-order valence-corrected chi connectivity index (χ2v) is 17.7. The highest BCUT2D eigenvalue weighted by atomic mass is 16.5. The number of carbonyl (C=O) groups excluding carboxylic acids is 2. The maximum atomic E-state index is 13.2. The number of esters is 1. The topological polar surface area (TPSA) is 95.9 Å². The van der Waals surface area contributed by atoms with Crippen molar-refractivity contribution in [3.05, 3.63) is 97.2 Å². The summed E-state index contributed by atoms with van der Waals surface area (Å²) in [6.45, 7) is 6.29. The van der Waals surface area contributed by atoms with Crippen LogP contribution < -0.4 is 5.32 Å². The average molecular weight is 890 g/mol. The van der Waals surface area contributed by atoms with Crippen LogP contribution in [0.5, 0.6) is 0 Å². The number of aliphatic hydroxyl groups excluding tert-OH is 2. The summed E-state index contributed by atoms with van der Waals surface area (Å²) in [6, 6.07) is -0.724. The van der Waals surface area contributed by atoms with E-state index in [1.165, 1.54) is 96.3 Å². The van der Waals surface area contributed by atoms with E-state index in [2.05, 4.69) is 68.6 Å². The number of hydrogen-bond acceptors (Lipinski definition) is 5. The Hall–Kier alpha value is -3.22. The maximum absolute atomic E-state index is 13.2. The number of amides is 1. The van der Waals surface area contributed by atoms with Gasteiger partial charge in [-0.2, -0.15) is 0 Å². The van der Waals surface area contributed by atoms with Gasteiger partial charge in [-0.15, -0.1) is 0 Å². The molecule has 3 unspecified atom stereocenters. The summed E-state index contributed by atoms with van der Waals surface area (Å²) in [5.74, 6) is -0.550. The number of hydrogen-bond donors (Lipinski definition) is 3. The van der Waals surface area contributed by atoms with Gasteiger partial charge in [-0.05, 0) is 70.6 Å². The van der Waals surface area contributed by atoms with Crippen LogP contribution in [0.3, 0.4) is 0 Å². The fourth-order valence-corrected chi connectivity index (χ4v) is 7.57. The van der Waals surface area contributed by atoms with Crippen molar-refractivity contribution in [2.24, 2.45) is 0 Å². The first-order valence-corrected chi connectivity index (χ1v) is 26.6. The van der Waals surface area contributed by atoms with Gasteiger partial charge in [-0.1, -0.05) is 246 Å². The molecular formula is C58H99NO5. The van der Waals surface area contributed by atoms with Crippen LogP contribution in [0.4, 0.5) is 0 Å². The molecule has 3 N–H and O–H groups in total. The van der Waals surface area contributed by atoms with Crippen molar-refractivity contribution in [1.29, 1.82) is 0 Å². The number of nitrogens with one attached hydrogen (secondary N) is 1. The molecule has 6 nitrogen and oxygen atoms in total. The molecule has 0 saturated heterocycles. The van der Waals surface area contributed by atoms with Crippen LogP contribution in [-0.2, 0) is 14.3 Å². The smallest absolute Gasteiger partial charge is 0.306 e. The molecule has 0 fully saturated rings. The molecule has 0 aromatic heterocycles.